The van der Waals surface area contributed by atoms with Gasteiger partial charge in [0.05, 0.1) is 5.56 Å². The zero-order valence-corrected chi connectivity index (χ0v) is 13.6. The molecule has 1 heterocycles. The number of phenolic OH excluding ortho intramolecular Hbond substituents is 1. The van der Waals surface area contributed by atoms with E-state index in [2.05, 4.69) is 25.7 Å². The third kappa shape index (κ3) is 3.50. The Balaban J connectivity index is 2.14. The first-order chi connectivity index (χ1) is 9.93. The summed E-state index contributed by atoms with van der Waals surface area (Å²) in [6.45, 7) is 8.78. The molecule has 1 saturated heterocycles. The Hall–Kier alpha value is -1.26. The van der Waals surface area contributed by atoms with Gasteiger partial charge in [-0.15, -0.1) is 0 Å². The number of phenols is 1. The molecule has 0 radical (unpaired) electrons. The van der Waals surface area contributed by atoms with Gasteiger partial charge < -0.3 is 10.0 Å². The van der Waals surface area contributed by atoms with E-state index in [4.69, 9.17) is 11.6 Å². The van der Waals surface area contributed by atoms with Crippen molar-refractivity contribution in [2.24, 2.45) is 0 Å². The molecule has 1 N–H and O–H groups in total. The van der Waals surface area contributed by atoms with Crippen molar-refractivity contribution in [1.29, 1.82) is 0 Å². The highest BCUT2D eigenvalue weighted by Gasteiger charge is 2.30. The standard InChI is InChI=1S/C16H23ClN2O2/c1-4-13-10-18(7-8-19(13)11(2)3)16(21)14-6-5-12(17)9-15(14)20/h5-6,9,11,13,20H,4,7-8,10H2,1-3H3. The monoisotopic (exact) mass is 310 g/mol. The van der Waals surface area contributed by atoms with E-state index in [0.717, 1.165) is 13.0 Å². The molecule has 21 heavy (non-hydrogen) atoms. The predicted molar refractivity (Wildman–Crippen MR) is 84.9 cm³/mol. The van der Waals surface area contributed by atoms with Gasteiger partial charge >= 0.3 is 0 Å². The molecule has 2 rings (SSSR count). The second kappa shape index (κ2) is 6.67. The Bertz CT molecular complexity index is 519. The SMILES string of the molecule is CCC1CN(C(=O)c2ccc(Cl)cc2O)CCN1C(C)C. The van der Waals surface area contributed by atoms with Gasteiger partial charge in [-0.05, 0) is 38.5 Å². The Kier molecular flexibility index (Phi) is 5.12. The number of hydrogen-bond donors (Lipinski definition) is 1. The van der Waals surface area contributed by atoms with E-state index < -0.39 is 0 Å². The molecule has 0 spiro atoms. The van der Waals surface area contributed by atoms with Gasteiger partial charge in [0.1, 0.15) is 5.75 Å². The lowest BCUT2D eigenvalue weighted by atomic mass is 10.1. The van der Waals surface area contributed by atoms with Crippen LogP contribution in [0.1, 0.15) is 37.6 Å². The van der Waals surface area contributed by atoms with Gasteiger partial charge in [0.25, 0.3) is 5.91 Å². The fraction of sp³-hybridized carbons (Fsp3) is 0.562. The zero-order valence-electron chi connectivity index (χ0n) is 12.8. The summed E-state index contributed by atoms with van der Waals surface area (Å²) in [6.07, 6.45) is 1.01. The van der Waals surface area contributed by atoms with Crippen LogP contribution in [0.2, 0.25) is 5.02 Å². The molecule has 1 aromatic rings. The van der Waals surface area contributed by atoms with Crippen LogP contribution in [0.5, 0.6) is 5.75 Å². The van der Waals surface area contributed by atoms with Crippen LogP contribution in [0.4, 0.5) is 0 Å². The normalized spacial score (nSPS) is 20.0. The lowest BCUT2D eigenvalue weighted by molar-refractivity contribution is 0.0369. The number of benzene rings is 1. The van der Waals surface area contributed by atoms with Crippen LogP contribution in [-0.4, -0.2) is 52.5 Å². The van der Waals surface area contributed by atoms with Crippen molar-refractivity contribution in [3.8, 4) is 5.75 Å². The van der Waals surface area contributed by atoms with E-state index in [0.29, 0.717) is 35.8 Å². The van der Waals surface area contributed by atoms with Gasteiger partial charge in [-0.2, -0.15) is 0 Å². The van der Waals surface area contributed by atoms with Gasteiger partial charge in [-0.3, -0.25) is 9.69 Å². The van der Waals surface area contributed by atoms with Crippen LogP contribution < -0.4 is 0 Å². The molecule has 1 aliphatic heterocycles. The highest BCUT2D eigenvalue weighted by atomic mass is 35.5. The molecule has 1 amide bonds. The largest absolute Gasteiger partial charge is 0.507 e. The van der Waals surface area contributed by atoms with Gasteiger partial charge in [-0.1, -0.05) is 18.5 Å². The van der Waals surface area contributed by atoms with Crippen LogP contribution in [0.25, 0.3) is 0 Å². The topological polar surface area (TPSA) is 43.8 Å². The summed E-state index contributed by atoms with van der Waals surface area (Å²) < 4.78 is 0. The summed E-state index contributed by atoms with van der Waals surface area (Å²) in [6, 6.07) is 5.50. The molecular weight excluding hydrogens is 288 g/mol. The number of rotatable bonds is 3. The first-order valence-electron chi connectivity index (χ1n) is 7.47. The van der Waals surface area contributed by atoms with Crippen LogP contribution in [0.15, 0.2) is 18.2 Å². The minimum Gasteiger partial charge on any atom is -0.507 e. The first kappa shape index (κ1) is 16.1. The highest BCUT2D eigenvalue weighted by Crippen LogP contribution is 2.25. The van der Waals surface area contributed by atoms with Gasteiger partial charge in [-0.25, -0.2) is 0 Å². The third-order valence-electron chi connectivity index (χ3n) is 4.14. The predicted octanol–water partition coefficient (Wildman–Crippen LogP) is 2.99. The number of amides is 1. The lowest BCUT2D eigenvalue weighted by Crippen LogP contribution is -2.56. The number of piperazine rings is 1. The molecular formula is C16H23ClN2O2. The van der Waals surface area contributed by atoms with Crippen LogP contribution in [-0.2, 0) is 0 Å². The average molecular weight is 311 g/mol. The Morgan fingerprint density at radius 2 is 2.14 bits per heavy atom. The molecule has 1 fully saturated rings. The molecule has 1 aromatic carbocycles. The number of nitrogens with zero attached hydrogens (tertiary/aromatic N) is 2. The minimum atomic E-state index is -0.119. The maximum atomic E-state index is 12.6. The van der Waals surface area contributed by atoms with E-state index in [9.17, 15) is 9.90 Å². The lowest BCUT2D eigenvalue weighted by Gasteiger charge is -2.43. The van der Waals surface area contributed by atoms with Crippen molar-refractivity contribution in [2.45, 2.75) is 39.3 Å². The van der Waals surface area contributed by atoms with Gasteiger partial charge in [0.2, 0.25) is 0 Å². The summed E-state index contributed by atoms with van der Waals surface area (Å²) in [5.41, 5.74) is 0.326. The summed E-state index contributed by atoms with van der Waals surface area (Å²) in [5, 5.41) is 10.3. The van der Waals surface area contributed by atoms with Crippen molar-refractivity contribution < 1.29 is 9.90 Å². The van der Waals surface area contributed by atoms with E-state index in [1.165, 1.54) is 6.07 Å². The molecule has 0 bridgehead atoms. The molecule has 1 aliphatic rings. The van der Waals surface area contributed by atoms with E-state index in [1.807, 2.05) is 4.90 Å². The fourth-order valence-electron chi connectivity index (χ4n) is 2.95. The molecule has 4 nitrogen and oxygen atoms in total. The molecule has 1 atom stereocenters. The number of carbonyl (C=O) groups excluding carboxylic acids is 1. The van der Waals surface area contributed by atoms with Crippen molar-refractivity contribution in [3.05, 3.63) is 28.8 Å². The summed E-state index contributed by atoms with van der Waals surface area (Å²) in [5.74, 6) is -0.169. The Labute approximate surface area is 131 Å². The first-order valence-corrected chi connectivity index (χ1v) is 7.85. The average Bonchev–Trinajstić information content (AvgIpc) is 2.45. The van der Waals surface area contributed by atoms with Gasteiger partial charge in [0.15, 0.2) is 0 Å². The number of aromatic hydroxyl groups is 1. The number of halogens is 1. The molecule has 5 heteroatoms. The van der Waals surface area contributed by atoms with Crippen molar-refractivity contribution in [2.75, 3.05) is 19.6 Å². The Morgan fingerprint density at radius 1 is 1.43 bits per heavy atom. The third-order valence-corrected chi connectivity index (χ3v) is 4.38. The van der Waals surface area contributed by atoms with Gasteiger partial charge in [0, 0.05) is 36.7 Å². The van der Waals surface area contributed by atoms with Crippen LogP contribution >= 0.6 is 11.6 Å². The van der Waals surface area contributed by atoms with Crippen LogP contribution in [0, 0.1) is 0 Å². The van der Waals surface area contributed by atoms with E-state index in [-0.39, 0.29) is 11.7 Å². The summed E-state index contributed by atoms with van der Waals surface area (Å²) in [4.78, 5) is 16.8. The maximum absolute atomic E-state index is 12.6. The molecule has 0 aromatic heterocycles. The van der Waals surface area contributed by atoms with E-state index in [1.54, 1.807) is 12.1 Å². The quantitative estimate of drug-likeness (QED) is 0.933. The zero-order chi connectivity index (χ0) is 15.6. The van der Waals surface area contributed by atoms with Crippen molar-refractivity contribution in [3.63, 3.8) is 0 Å². The highest BCUT2D eigenvalue weighted by molar-refractivity contribution is 6.30. The summed E-state index contributed by atoms with van der Waals surface area (Å²) >= 11 is 5.82. The summed E-state index contributed by atoms with van der Waals surface area (Å²) in [7, 11) is 0. The smallest absolute Gasteiger partial charge is 0.257 e. The van der Waals surface area contributed by atoms with Crippen molar-refractivity contribution >= 4 is 17.5 Å². The second-order valence-electron chi connectivity index (χ2n) is 5.81. The van der Waals surface area contributed by atoms with Crippen molar-refractivity contribution in [1.82, 2.24) is 9.80 Å². The molecule has 0 saturated carbocycles. The molecule has 116 valence electrons. The second-order valence-corrected chi connectivity index (χ2v) is 6.24. The minimum absolute atomic E-state index is 0.0492. The molecule has 0 aliphatic carbocycles. The number of carbonyl (C=O) groups is 1. The molecule has 1 unspecified atom stereocenters. The number of hydrogen-bond acceptors (Lipinski definition) is 3. The fourth-order valence-corrected chi connectivity index (χ4v) is 3.12. The van der Waals surface area contributed by atoms with E-state index >= 15 is 0 Å². The maximum Gasteiger partial charge on any atom is 0.257 e. The van der Waals surface area contributed by atoms with Crippen LogP contribution in [0.3, 0.4) is 0 Å². The Morgan fingerprint density at radius 3 is 2.71 bits per heavy atom.